The average Bonchev–Trinajstić information content (AvgIpc) is 2.72. The number of sulfonamides is 1. The van der Waals surface area contributed by atoms with Gasteiger partial charge in [0.25, 0.3) is 0 Å². The largest absolute Gasteiger partial charge is 0.357 e. The molecule has 0 bridgehead atoms. The van der Waals surface area contributed by atoms with Gasteiger partial charge in [-0.05, 0) is 44.5 Å². The summed E-state index contributed by atoms with van der Waals surface area (Å²) in [4.78, 5) is 6.97. The molecule has 2 rings (SSSR count). The van der Waals surface area contributed by atoms with Gasteiger partial charge in [0, 0.05) is 25.7 Å². The van der Waals surface area contributed by atoms with E-state index in [-0.39, 0.29) is 0 Å². The number of hydrogen-bond acceptors (Lipinski definition) is 4. The Bertz CT molecular complexity index is 932. The third-order valence-electron chi connectivity index (χ3n) is 4.95. The van der Waals surface area contributed by atoms with Crippen molar-refractivity contribution in [2.45, 2.75) is 39.4 Å². The van der Waals surface area contributed by atoms with Gasteiger partial charge in [0.2, 0.25) is 10.0 Å². The van der Waals surface area contributed by atoms with E-state index in [0.29, 0.717) is 18.3 Å². The predicted molar refractivity (Wildman–Crippen MR) is 130 cm³/mol. The van der Waals surface area contributed by atoms with E-state index in [1.165, 1.54) is 5.56 Å². The molecular formula is C23H35N5O2S. The number of para-hydroxylation sites is 1. The molecule has 0 aliphatic rings. The maximum Gasteiger partial charge on any atom is 0.229 e. The van der Waals surface area contributed by atoms with Crippen molar-refractivity contribution in [1.82, 2.24) is 15.5 Å². The third kappa shape index (κ3) is 9.40. The molecule has 0 saturated heterocycles. The highest BCUT2D eigenvalue weighted by molar-refractivity contribution is 7.92. The topological polar surface area (TPSA) is 85.8 Å². The molecule has 0 radical (unpaired) electrons. The van der Waals surface area contributed by atoms with Crippen LogP contribution in [0.15, 0.2) is 59.6 Å². The molecule has 0 amide bonds. The van der Waals surface area contributed by atoms with Crippen LogP contribution < -0.4 is 15.4 Å². The highest BCUT2D eigenvalue weighted by Gasteiger charge is 2.10. The maximum atomic E-state index is 11.6. The number of guanidine groups is 1. The fourth-order valence-electron chi connectivity index (χ4n) is 3.11. The van der Waals surface area contributed by atoms with Crippen LogP contribution in [0.1, 0.15) is 31.4 Å². The Morgan fingerprint density at radius 3 is 2.42 bits per heavy atom. The van der Waals surface area contributed by atoms with Crippen LogP contribution in [0.5, 0.6) is 0 Å². The van der Waals surface area contributed by atoms with Crippen molar-refractivity contribution in [3.8, 4) is 0 Å². The minimum absolute atomic E-state index is 0.373. The van der Waals surface area contributed by atoms with Crippen molar-refractivity contribution < 1.29 is 8.42 Å². The molecule has 2 aromatic carbocycles. The summed E-state index contributed by atoms with van der Waals surface area (Å²) in [6.07, 6.45) is 2.12. The van der Waals surface area contributed by atoms with Gasteiger partial charge in [-0.2, -0.15) is 0 Å². The van der Waals surface area contributed by atoms with Gasteiger partial charge in [-0.25, -0.2) is 13.4 Å². The van der Waals surface area contributed by atoms with E-state index in [9.17, 15) is 8.42 Å². The Hall–Kier alpha value is -2.58. The number of anilines is 1. The first-order valence-electron chi connectivity index (χ1n) is 10.6. The van der Waals surface area contributed by atoms with Crippen molar-refractivity contribution in [3.05, 3.63) is 65.7 Å². The van der Waals surface area contributed by atoms with Crippen LogP contribution >= 0.6 is 0 Å². The Labute approximate surface area is 187 Å². The fourth-order valence-corrected chi connectivity index (χ4v) is 3.71. The average molecular weight is 446 g/mol. The second-order valence-electron chi connectivity index (χ2n) is 7.69. The first kappa shape index (κ1) is 24.7. The Kier molecular flexibility index (Phi) is 9.81. The van der Waals surface area contributed by atoms with Crippen LogP contribution in [-0.2, 0) is 23.1 Å². The molecule has 1 unspecified atom stereocenters. The van der Waals surface area contributed by atoms with Gasteiger partial charge < -0.3 is 10.6 Å². The van der Waals surface area contributed by atoms with Crippen LogP contribution in [0.25, 0.3) is 0 Å². The quantitative estimate of drug-likeness (QED) is 0.366. The van der Waals surface area contributed by atoms with Crippen molar-refractivity contribution in [2.24, 2.45) is 4.99 Å². The number of aliphatic imine (C=N–C) groups is 1. The zero-order valence-corrected chi connectivity index (χ0v) is 19.7. The molecule has 0 aliphatic heterocycles. The molecule has 170 valence electrons. The summed E-state index contributed by atoms with van der Waals surface area (Å²) in [5, 5.41) is 6.63. The molecule has 8 heteroatoms. The van der Waals surface area contributed by atoms with Gasteiger partial charge in [-0.3, -0.25) is 9.62 Å². The van der Waals surface area contributed by atoms with E-state index in [2.05, 4.69) is 63.5 Å². The lowest BCUT2D eigenvalue weighted by atomic mass is 10.1. The first-order valence-corrected chi connectivity index (χ1v) is 12.5. The smallest absolute Gasteiger partial charge is 0.229 e. The molecule has 0 aliphatic carbocycles. The molecule has 1 atom stereocenters. The highest BCUT2D eigenvalue weighted by atomic mass is 32.2. The standard InChI is InChI=1S/C23H35N5O2S/c1-5-24-23(26-17-21-13-9-10-14-22(21)27-31(4,29)30)25-16-15-19(2)28(3)18-20-11-7-6-8-12-20/h6-14,19,27H,5,15-18H2,1-4H3,(H2,24,25,26). The normalized spacial score (nSPS) is 13.1. The molecule has 0 fully saturated rings. The summed E-state index contributed by atoms with van der Waals surface area (Å²) in [5.41, 5.74) is 2.68. The monoisotopic (exact) mass is 445 g/mol. The van der Waals surface area contributed by atoms with Crippen LogP contribution in [0.2, 0.25) is 0 Å². The van der Waals surface area contributed by atoms with Crippen LogP contribution in [0, 0.1) is 0 Å². The van der Waals surface area contributed by atoms with Gasteiger partial charge in [0.15, 0.2) is 5.96 Å². The number of nitrogens with zero attached hydrogens (tertiary/aromatic N) is 2. The van der Waals surface area contributed by atoms with E-state index in [1.54, 1.807) is 12.1 Å². The van der Waals surface area contributed by atoms with Gasteiger partial charge in [-0.15, -0.1) is 0 Å². The van der Waals surface area contributed by atoms with Crippen molar-refractivity contribution in [1.29, 1.82) is 0 Å². The zero-order valence-electron chi connectivity index (χ0n) is 18.9. The summed E-state index contributed by atoms with van der Waals surface area (Å²) in [5.74, 6) is 0.717. The lowest BCUT2D eigenvalue weighted by Crippen LogP contribution is -2.40. The first-order chi connectivity index (χ1) is 14.8. The lowest BCUT2D eigenvalue weighted by molar-refractivity contribution is 0.238. The van der Waals surface area contributed by atoms with Crippen molar-refractivity contribution >= 4 is 21.7 Å². The van der Waals surface area contributed by atoms with E-state index >= 15 is 0 Å². The third-order valence-corrected chi connectivity index (χ3v) is 5.54. The van der Waals surface area contributed by atoms with Crippen LogP contribution in [0.3, 0.4) is 0 Å². The Balaban J connectivity index is 1.90. The van der Waals surface area contributed by atoms with Gasteiger partial charge >= 0.3 is 0 Å². The van der Waals surface area contributed by atoms with E-state index < -0.39 is 10.0 Å². The van der Waals surface area contributed by atoms with Crippen molar-refractivity contribution in [3.63, 3.8) is 0 Å². The maximum absolute atomic E-state index is 11.6. The molecular weight excluding hydrogens is 410 g/mol. The summed E-state index contributed by atoms with van der Waals surface area (Å²) in [6.45, 7) is 7.07. The van der Waals surface area contributed by atoms with Gasteiger partial charge in [0.05, 0.1) is 18.5 Å². The SMILES string of the molecule is CCNC(=NCc1ccccc1NS(C)(=O)=O)NCCC(C)N(C)Cc1ccccc1. The lowest BCUT2D eigenvalue weighted by Gasteiger charge is -2.25. The molecule has 3 N–H and O–H groups in total. The predicted octanol–water partition coefficient (Wildman–Crippen LogP) is 3.02. The second-order valence-corrected chi connectivity index (χ2v) is 9.44. The molecule has 0 heterocycles. The molecule has 2 aromatic rings. The summed E-state index contributed by atoms with van der Waals surface area (Å²) >= 11 is 0. The minimum Gasteiger partial charge on any atom is -0.357 e. The van der Waals surface area contributed by atoms with Crippen LogP contribution in [-0.4, -0.2) is 51.7 Å². The van der Waals surface area contributed by atoms with E-state index in [0.717, 1.165) is 43.8 Å². The van der Waals surface area contributed by atoms with Gasteiger partial charge in [-0.1, -0.05) is 48.5 Å². The number of nitrogens with one attached hydrogen (secondary N) is 3. The number of benzene rings is 2. The highest BCUT2D eigenvalue weighted by Crippen LogP contribution is 2.17. The Morgan fingerprint density at radius 1 is 1.06 bits per heavy atom. The molecule has 31 heavy (non-hydrogen) atoms. The fraction of sp³-hybridized carbons (Fsp3) is 0.435. The van der Waals surface area contributed by atoms with Crippen LogP contribution in [0.4, 0.5) is 5.69 Å². The molecule has 7 nitrogen and oxygen atoms in total. The zero-order chi connectivity index (χ0) is 22.7. The van der Waals surface area contributed by atoms with E-state index in [1.807, 2.05) is 25.1 Å². The number of hydrogen-bond donors (Lipinski definition) is 3. The van der Waals surface area contributed by atoms with Gasteiger partial charge in [0.1, 0.15) is 0 Å². The number of rotatable bonds is 11. The molecule has 0 saturated carbocycles. The molecule has 0 aromatic heterocycles. The summed E-state index contributed by atoms with van der Waals surface area (Å²) < 4.78 is 25.7. The summed E-state index contributed by atoms with van der Waals surface area (Å²) in [6, 6.07) is 18.2. The minimum atomic E-state index is -3.34. The molecule has 0 spiro atoms. The Morgan fingerprint density at radius 2 is 1.74 bits per heavy atom. The second kappa shape index (κ2) is 12.3. The van der Waals surface area contributed by atoms with Crippen molar-refractivity contribution in [2.75, 3.05) is 31.1 Å². The van der Waals surface area contributed by atoms with E-state index in [4.69, 9.17) is 0 Å². The summed E-state index contributed by atoms with van der Waals surface area (Å²) in [7, 11) is -1.20.